The molecule has 0 atom stereocenters. The third-order valence-corrected chi connectivity index (χ3v) is 14.6. The second kappa shape index (κ2) is 19.8. The van der Waals surface area contributed by atoms with E-state index >= 15 is 8.78 Å². The highest BCUT2D eigenvalue weighted by molar-refractivity contribution is 6.06. The fraction of sp³-hybridized carbons (Fsp3) is 0.364. The van der Waals surface area contributed by atoms with Crippen LogP contribution < -0.4 is 20.3 Å². The quantitative estimate of drug-likeness (QED) is 0.104. The molecule has 364 valence electrons. The van der Waals surface area contributed by atoms with Gasteiger partial charge >= 0.3 is 6.03 Å². The highest BCUT2D eigenvalue weighted by atomic mass is 19.1. The zero-order valence-corrected chi connectivity index (χ0v) is 40.5. The van der Waals surface area contributed by atoms with Crippen molar-refractivity contribution in [3.8, 4) is 28.3 Å². The van der Waals surface area contributed by atoms with Gasteiger partial charge in [-0.3, -0.25) is 14.5 Å². The zero-order chi connectivity index (χ0) is 49.3. The van der Waals surface area contributed by atoms with E-state index in [9.17, 15) is 14.4 Å². The van der Waals surface area contributed by atoms with Gasteiger partial charge < -0.3 is 34.9 Å². The molecule has 9 rings (SSSR count). The van der Waals surface area contributed by atoms with Gasteiger partial charge in [-0.2, -0.15) is 0 Å². The molecular formula is C55H60F2N8O5. The lowest BCUT2D eigenvalue weighted by Crippen LogP contribution is -2.48. The Morgan fingerprint density at radius 1 is 0.914 bits per heavy atom. The van der Waals surface area contributed by atoms with E-state index < -0.39 is 23.1 Å². The Hall–Kier alpha value is -6.97. The minimum absolute atomic E-state index is 0.0228. The van der Waals surface area contributed by atoms with Gasteiger partial charge in [0, 0.05) is 72.8 Å². The monoisotopic (exact) mass is 950 g/mol. The van der Waals surface area contributed by atoms with E-state index in [1.165, 1.54) is 36.2 Å². The van der Waals surface area contributed by atoms with E-state index in [0.29, 0.717) is 88.8 Å². The zero-order valence-electron chi connectivity index (χ0n) is 40.5. The number of aromatic nitrogens is 3. The van der Waals surface area contributed by atoms with Gasteiger partial charge in [0.15, 0.2) is 0 Å². The van der Waals surface area contributed by atoms with E-state index in [0.717, 1.165) is 63.0 Å². The summed E-state index contributed by atoms with van der Waals surface area (Å²) < 4.78 is 41.9. The summed E-state index contributed by atoms with van der Waals surface area (Å²) in [4.78, 5) is 58.5. The maximum absolute atomic E-state index is 15.3. The summed E-state index contributed by atoms with van der Waals surface area (Å²) in [5.74, 6) is -1.47. The molecule has 2 aromatic heterocycles. The molecule has 4 aromatic carbocycles. The van der Waals surface area contributed by atoms with E-state index in [2.05, 4.69) is 61.3 Å². The highest BCUT2D eigenvalue weighted by Crippen LogP contribution is 2.42. The Morgan fingerprint density at radius 3 is 2.36 bits per heavy atom. The summed E-state index contributed by atoms with van der Waals surface area (Å²) in [6.45, 7) is 16.5. The lowest BCUT2D eigenvalue weighted by atomic mass is 9.71. The van der Waals surface area contributed by atoms with Crippen molar-refractivity contribution in [3.63, 3.8) is 0 Å². The van der Waals surface area contributed by atoms with Crippen molar-refractivity contribution in [2.24, 2.45) is 5.41 Å². The number of urea groups is 1. The first-order chi connectivity index (χ1) is 33.6. The molecule has 3 N–H and O–H groups in total. The number of benzene rings is 4. The number of ether oxygens (including phenoxy) is 2. The van der Waals surface area contributed by atoms with Crippen LogP contribution in [0, 0.1) is 24.0 Å². The van der Waals surface area contributed by atoms with Crippen LogP contribution in [0.25, 0.3) is 33.5 Å². The van der Waals surface area contributed by atoms with Gasteiger partial charge in [-0.05, 0) is 149 Å². The number of likely N-dealkylation sites (tertiary alicyclic amines) is 2. The number of piperidine rings is 2. The second-order valence-electron chi connectivity index (χ2n) is 19.3. The summed E-state index contributed by atoms with van der Waals surface area (Å²) in [5, 5.41) is 6.20. The van der Waals surface area contributed by atoms with Crippen molar-refractivity contribution in [2.45, 2.75) is 71.8 Å². The summed E-state index contributed by atoms with van der Waals surface area (Å²) >= 11 is 0. The number of carbonyl (C=O) groups excluding carboxylic acids is 3. The van der Waals surface area contributed by atoms with Crippen LogP contribution >= 0.6 is 0 Å². The number of aromatic amines is 1. The van der Waals surface area contributed by atoms with Gasteiger partial charge in [0.05, 0.1) is 29.7 Å². The summed E-state index contributed by atoms with van der Waals surface area (Å²) in [6.07, 6.45) is 7.12. The van der Waals surface area contributed by atoms with Gasteiger partial charge in [0.1, 0.15) is 29.4 Å². The minimum Gasteiger partial charge on any atom is -0.495 e. The molecule has 3 aliphatic rings. The number of hydrogen-bond donors (Lipinski definition) is 3. The average molecular weight is 951 g/mol. The number of fused-ring (bicyclic) bond motifs is 1. The smallest absolute Gasteiger partial charge is 0.326 e. The Labute approximate surface area is 407 Å². The normalized spacial score (nSPS) is 16.4. The molecule has 0 saturated carbocycles. The van der Waals surface area contributed by atoms with E-state index in [4.69, 9.17) is 9.47 Å². The second-order valence-corrected chi connectivity index (χ2v) is 19.3. The molecule has 13 nitrogen and oxygen atoms in total. The van der Waals surface area contributed by atoms with Crippen LogP contribution in [0.15, 0.2) is 97.5 Å². The molecule has 6 aromatic rings. The van der Waals surface area contributed by atoms with Crippen molar-refractivity contribution in [1.82, 2.24) is 30.1 Å². The van der Waals surface area contributed by atoms with E-state index in [-0.39, 0.29) is 28.6 Å². The van der Waals surface area contributed by atoms with Crippen LogP contribution in [0.1, 0.15) is 90.3 Å². The molecule has 5 heterocycles. The number of carbonyl (C=O) groups is 3. The number of nitrogens with one attached hydrogen (secondary N) is 3. The molecule has 15 heteroatoms. The van der Waals surface area contributed by atoms with Crippen molar-refractivity contribution < 1.29 is 32.6 Å². The topological polar surface area (TPSA) is 145 Å². The molecule has 3 aliphatic heterocycles. The largest absolute Gasteiger partial charge is 0.495 e. The number of anilines is 2. The molecule has 0 unspecified atom stereocenters. The first-order valence-electron chi connectivity index (χ1n) is 24.1. The van der Waals surface area contributed by atoms with Gasteiger partial charge in [0.2, 0.25) is 0 Å². The molecule has 1 spiro atoms. The summed E-state index contributed by atoms with van der Waals surface area (Å²) in [7, 11) is 1.56. The third-order valence-electron chi connectivity index (χ3n) is 14.6. The van der Waals surface area contributed by atoms with Crippen LogP contribution in [0.3, 0.4) is 0 Å². The van der Waals surface area contributed by atoms with Crippen molar-refractivity contribution in [3.05, 3.63) is 137 Å². The third kappa shape index (κ3) is 9.90. The molecule has 0 radical (unpaired) electrons. The minimum atomic E-state index is -0.738. The van der Waals surface area contributed by atoms with E-state index in [1.807, 2.05) is 31.7 Å². The van der Waals surface area contributed by atoms with Crippen molar-refractivity contribution in [1.29, 1.82) is 0 Å². The van der Waals surface area contributed by atoms with E-state index in [1.54, 1.807) is 43.2 Å². The Balaban J connectivity index is 0.794. The predicted octanol–water partition coefficient (Wildman–Crippen LogP) is 10.4. The van der Waals surface area contributed by atoms with Crippen LogP contribution in [-0.2, 0) is 16.8 Å². The van der Waals surface area contributed by atoms with Crippen LogP contribution in [-0.4, -0.2) is 95.6 Å². The molecule has 3 fully saturated rings. The average Bonchev–Trinajstić information content (AvgIpc) is 3.80. The highest BCUT2D eigenvalue weighted by Gasteiger charge is 2.39. The SMILES string of the molecule is C=C1CCN(c2cc(C(=O)N3CCC4(CCN(CCc5ccc(-c6cc7c(-c8cc(F)cc(NC(=O)c9ccc(C(C)(C)OCC)cc9F)c8C)ncnc7[nH]6)cc5)CC4)CC3)ccc2OC)C(=O)N1. The summed E-state index contributed by atoms with van der Waals surface area (Å²) in [6, 6.07) is 22.5. The van der Waals surface area contributed by atoms with Gasteiger partial charge in [0.25, 0.3) is 11.8 Å². The lowest BCUT2D eigenvalue weighted by Gasteiger charge is -2.47. The number of amides is 4. The van der Waals surface area contributed by atoms with Crippen LogP contribution in [0.5, 0.6) is 5.75 Å². The van der Waals surface area contributed by atoms with Gasteiger partial charge in [-0.25, -0.2) is 23.5 Å². The van der Waals surface area contributed by atoms with Crippen LogP contribution in [0.2, 0.25) is 0 Å². The van der Waals surface area contributed by atoms with Gasteiger partial charge in [-0.15, -0.1) is 0 Å². The number of halogens is 2. The first kappa shape index (κ1) is 48.1. The lowest BCUT2D eigenvalue weighted by molar-refractivity contribution is -0.0142. The number of methoxy groups -OCH3 is 1. The Bertz CT molecular complexity index is 2970. The standard InChI is InChI=1S/C55H60F2N8O5/c1-7-70-54(4,5)39-13-14-41(44(57)29-39)51(66)62-45-31-40(56)30-42(35(45)3)49-43-32-46(61-50(43)59-33-58-49)37-10-8-36(9-11-37)17-22-63-24-18-55(19-25-63)20-26-64(27-21-55)52(67)38-12-15-48(69-6)47(28-38)65-23-16-34(2)60-53(65)68/h8-15,28-33H,2,7,16-27H2,1,3-6H3,(H,60,68)(H,62,66)(H,58,59,61). The number of rotatable bonds is 13. The van der Waals surface area contributed by atoms with Crippen LogP contribution in [0.4, 0.5) is 25.0 Å². The molecule has 3 saturated heterocycles. The number of H-pyrrole nitrogens is 1. The van der Waals surface area contributed by atoms with Crippen molar-refractivity contribution in [2.75, 3.05) is 63.2 Å². The molecular weight excluding hydrogens is 891 g/mol. The molecule has 0 bridgehead atoms. The fourth-order valence-electron chi connectivity index (χ4n) is 10.2. The predicted molar refractivity (Wildman–Crippen MR) is 268 cm³/mol. The molecule has 70 heavy (non-hydrogen) atoms. The molecule has 4 amide bonds. The maximum atomic E-state index is 15.3. The number of hydrogen-bond acceptors (Lipinski definition) is 8. The maximum Gasteiger partial charge on any atom is 0.326 e. The van der Waals surface area contributed by atoms with Gasteiger partial charge in [-0.1, -0.05) is 36.9 Å². The Morgan fingerprint density at radius 2 is 1.66 bits per heavy atom. The number of nitrogens with zero attached hydrogens (tertiary/aromatic N) is 5. The fourth-order valence-corrected chi connectivity index (χ4v) is 10.2. The Kier molecular flexibility index (Phi) is 13.6. The molecule has 0 aliphatic carbocycles. The summed E-state index contributed by atoms with van der Waals surface area (Å²) in [5.41, 5.74) is 7.08. The van der Waals surface area contributed by atoms with Crippen molar-refractivity contribution >= 4 is 40.3 Å². The first-order valence-corrected chi connectivity index (χ1v) is 24.1.